The van der Waals surface area contributed by atoms with Gasteiger partial charge in [0, 0.05) is 25.0 Å². The Bertz CT molecular complexity index is 665. The molecule has 4 heteroatoms. The number of hydrogen-bond acceptors (Lipinski definition) is 2. The molecule has 1 aliphatic carbocycles. The Kier molecular flexibility index (Phi) is 9.03. The van der Waals surface area contributed by atoms with Gasteiger partial charge in [-0.15, -0.1) is 31.2 Å². The van der Waals surface area contributed by atoms with E-state index >= 15 is 0 Å². The molecule has 0 amide bonds. The molecular weight excluding hydrogens is 351 g/mol. The summed E-state index contributed by atoms with van der Waals surface area (Å²) < 4.78 is 0. The van der Waals surface area contributed by atoms with Crippen LogP contribution in [-0.2, 0) is 13.1 Å². The van der Waals surface area contributed by atoms with E-state index in [1.807, 2.05) is 7.05 Å². The molecule has 2 atom stereocenters. The number of terminal acetylenes is 1. The highest BCUT2D eigenvalue weighted by Crippen LogP contribution is 2.40. The second kappa shape index (κ2) is 10.5. The van der Waals surface area contributed by atoms with Crippen LogP contribution in [0.2, 0.25) is 0 Å². The van der Waals surface area contributed by atoms with Crippen LogP contribution in [-0.4, -0.2) is 24.5 Å². The molecule has 2 aromatic rings. The third-order valence-corrected chi connectivity index (χ3v) is 4.42. The van der Waals surface area contributed by atoms with Gasteiger partial charge in [0.15, 0.2) is 0 Å². The van der Waals surface area contributed by atoms with E-state index in [1.165, 1.54) is 23.1 Å². The van der Waals surface area contributed by atoms with E-state index < -0.39 is 0 Å². The molecule has 0 aliphatic heterocycles. The lowest BCUT2D eigenvalue weighted by atomic mass is 10.1. The van der Waals surface area contributed by atoms with E-state index in [0.717, 1.165) is 13.1 Å². The third-order valence-electron chi connectivity index (χ3n) is 4.42. The highest BCUT2D eigenvalue weighted by Gasteiger charge is 2.37. The first-order valence-corrected chi connectivity index (χ1v) is 8.24. The Hall–Kier alpha value is -1.50. The van der Waals surface area contributed by atoms with E-state index in [4.69, 9.17) is 6.42 Å². The summed E-state index contributed by atoms with van der Waals surface area (Å²) in [6, 6.07) is 20.2. The number of benzene rings is 2. The molecule has 0 aromatic heterocycles. The van der Waals surface area contributed by atoms with Crippen LogP contribution in [0.5, 0.6) is 0 Å². The van der Waals surface area contributed by atoms with Crippen molar-refractivity contribution in [3.05, 3.63) is 71.3 Å². The number of rotatable bonds is 7. The van der Waals surface area contributed by atoms with E-state index in [-0.39, 0.29) is 24.8 Å². The van der Waals surface area contributed by atoms with Crippen molar-refractivity contribution in [1.82, 2.24) is 10.2 Å². The second-order valence-electron chi connectivity index (χ2n) is 6.43. The molecular formula is C21H26Cl2N2. The molecule has 2 nitrogen and oxygen atoms in total. The van der Waals surface area contributed by atoms with E-state index in [0.29, 0.717) is 18.5 Å². The lowest BCUT2D eigenvalue weighted by Crippen LogP contribution is -2.18. The molecule has 0 bridgehead atoms. The van der Waals surface area contributed by atoms with Crippen LogP contribution in [0.25, 0.3) is 0 Å². The fourth-order valence-corrected chi connectivity index (χ4v) is 3.02. The van der Waals surface area contributed by atoms with Crippen LogP contribution in [0.3, 0.4) is 0 Å². The van der Waals surface area contributed by atoms with Gasteiger partial charge in [-0.1, -0.05) is 60.5 Å². The van der Waals surface area contributed by atoms with Crippen LogP contribution in [0.4, 0.5) is 0 Å². The Morgan fingerprint density at radius 2 is 1.68 bits per heavy atom. The minimum atomic E-state index is 0. The Balaban J connectivity index is 0.00000156. The molecule has 1 saturated carbocycles. The maximum absolute atomic E-state index is 5.33. The fraction of sp³-hybridized carbons (Fsp3) is 0.333. The zero-order chi connectivity index (χ0) is 16.1. The molecule has 3 rings (SSSR count). The van der Waals surface area contributed by atoms with Crippen LogP contribution < -0.4 is 5.32 Å². The van der Waals surface area contributed by atoms with Crippen molar-refractivity contribution in [3.8, 4) is 12.3 Å². The summed E-state index contributed by atoms with van der Waals surface area (Å²) in [6.07, 6.45) is 6.58. The molecule has 2 aromatic carbocycles. The molecule has 0 radical (unpaired) electrons. The van der Waals surface area contributed by atoms with Gasteiger partial charge in [0.1, 0.15) is 0 Å². The highest BCUT2D eigenvalue weighted by atomic mass is 35.5. The van der Waals surface area contributed by atoms with E-state index in [9.17, 15) is 0 Å². The summed E-state index contributed by atoms with van der Waals surface area (Å²) in [7, 11) is 2.05. The molecule has 0 spiro atoms. The van der Waals surface area contributed by atoms with Gasteiger partial charge in [-0.2, -0.15) is 0 Å². The van der Waals surface area contributed by atoms with Gasteiger partial charge in [-0.05, 0) is 30.2 Å². The van der Waals surface area contributed by atoms with E-state index in [1.54, 1.807) is 0 Å². The quantitative estimate of drug-likeness (QED) is 0.726. The lowest BCUT2D eigenvalue weighted by Gasteiger charge is -2.13. The largest absolute Gasteiger partial charge is 0.309 e. The molecule has 1 fully saturated rings. The molecule has 0 unspecified atom stereocenters. The van der Waals surface area contributed by atoms with Gasteiger partial charge >= 0.3 is 0 Å². The van der Waals surface area contributed by atoms with Crippen molar-refractivity contribution >= 4 is 24.8 Å². The summed E-state index contributed by atoms with van der Waals surface area (Å²) in [6.45, 7) is 2.52. The van der Waals surface area contributed by atoms with Gasteiger partial charge in [0.25, 0.3) is 0 Å². The first kappa shape index (κ1) is 21.5. The molecule has 25 heavy (non-hydrogen) atoms. The minimum Gasteiger partial charge on any atom is -0.309 e. The minimum absolute atomic E-state index is 0. The standard InChI is InChI=1S/C21H24N2.2ClH/c1-3-13-23(2)16-18-11-9-17(10-12-18)15-22-21-14-20(21)19-7-5-4-6-8-19;;/h1,4-12,20-22H,13-16H2,2H3;2*1H/t20-,21+;;/m0../s1. The lowest BCUT2D eigenvalue weighted by molar-refractivity contribution is 0.369. The van der Waals surface area contributed by atoms with Gasteiger partial charge < -0.3 is 5.32 Å². The molecule has 0 saturated heterocycles. The predicted octanol–water partition coefficient (Wildman–Crippen LogP) is 4.24. The number of hydrogen-bond donors (Lipinski definition) is 1. The summed E-state index contributed by atoms with van der Waals surface area (Å²) in [4.78, 5) is 2.14. The average molecular weight is 377 g/mol. The molecule has 1 aliphatic rings. The van der Waals surface area contributed by atoms with Crippen molar-refractivity contribution in [1.29, 1.82) is 0 Å². The Labute approximate surface area is 163 Å². The maximum Gasteiger partial charge on any atom is 0.0599 e. The van der Waals surface area contributed by atoms with Crippen LogP contribution in [0.15, 0.2) is 54.6 Å². The maximum atomic E-state index is 5.33. The van der Waals surface area contributed by atoms with Gasteiger partial charge in [0.05, 0.1) is 6.54 Å². The number of nitrogens with zero attached hydrogens (tertiary/aromatic N) is 1. The normalized spacial score (nSPS) is 18.0. The van der Waals surface area contributed by atoms with Crippen molar-refractivity contribution in [2.45, 2.75) is 31.5 Å². The van der Waals surface area contributed by atoms with Crippen LogP contribution in [0.1, 0.15) is 29.0 Å². The SMILES string of the molecule is C#CCN(C)Cc1ccc(CN[C@@H]2C[C@H]2c2ccccc2)cc1.Cl.Cl. The van der Waals surface area contributed by atoms with Crippen molar-refractivity contribution < 1.29 is 0 Å². The average Bonchev–Trinajstić information content (AvgIpc) is 3.35. The summed E-state index contributed by atoms with van der Waals surface area (Å²) in [5.41, 5.74) is 4.10. The first-order valence-electron chi connectivity index (χ1n) is 8.24. The Morgan fingerprint density at radius 3 is 2.32 bits per heavy atom. The van der Waals surface area contributed by atoms with Crippen molar-refractivity contribution in [2.24, 2.45) is 0 Å². The fourth-order valence-electron chi connectivity index (χ4n) is 3.02. The van der Waals surface area contributed by atoms with Gasteiger partial charge in [-0.3, -0.25) is 4.90 Å². The summed E-state index contributed by atoms with van der Waals surface area (Å²) >= 11 is 0. The topological polar surface area (TPSA) is 15.3 Å². The highest BCUT2D eigenvalue weighted by molar-refractivity contribution is 5.85. The van der Waals surface area contributed by atoms with Crippen molar-refractivity contribution in [2.75, 3.05) is 13.6 Å². The third kappa shape index (κ3) is 6.38. The molecule has 1 N–H and O–H groups in total. The molecule has 134 valence electrons. The van der Waals surface area contributed by atoms with Gasteiger partial charge in [0.2, 0.25) is 0 Å². The Morgan fingerprint density at radius 1 is 1.04 bits per heavy atom. The summed E-state index contributed by atoms with van der Waals surface area (Å²) in [5.74, 6) is 3.36. The predicted molar refractivity (Wildman–Crippen MR) is 111 cm³/mol. The summed E-state index contributed by atoms with van der Waals surface area (Å²) in [5, 5.41) is 3.67. The second-order valence-corrected chi connectivity index (χ2v) is 6.43. The van der Waals surface area contributed by atoms with Crippen LogP contribution in [0, 0.1) is 12.3 Å². The smallest absolute Gasteiger partial charge is 0.0599 e. The van der Waals surface area contributed by atoms with Crippen LogP contribution >= 0.6 is 24.8 Å². The number of nitrogens with one attached hydrogen (secondary N) is 1. The monoisotopic (exact) mass is 376 g/mol. The van der Waals surface area contributed by atoms with Crippen molar-refractivity contribution in [3.63, 3.8) is 0 Å². The number of halogens is 2. The first-order chi connectivity index (χ1) is 11.3. The van der Waals surface area contributed by atoms with Gasteiger partial charge in [-0.25, -0.2) is 0 Å². The zero-order valence-corrected chi connectivity index (χ0v) is 16.2. The molecule has 0 heterocycles. The van der Waals surface area contributed by atoms with E-state index in [2.05, 4.69) is 70.7 Å². The zero-order valence-electron chi connectivity index (χ0n) is 14.5.